The highest BCUT2D eigenvalue weighted by atomic mass is 32.1. The van der Waals surface area contributed by atoms with Crippen molar-refractivity contribution >= 4 is 26.7 Å². The first kappa shape index (κ1) is 7.49. The van der Waals surface area contributed by atoms with Crippen LogP contribution in [0.1, 0.15) is 5.56 Å². The monoisotopic (exact) mass is 182 g/mol. The van der Waals surface area contributed by atoms with Crippen LogP contribution in [-0.4, -0.2) is 4.98 Å². The number of hydrogen-bond donors (Lipinski definition) is 1. The number of benzene rings is 1. The highest BCUT2D eigenvalue weighted by molar-refractivity contribution is 7.22. The number of aryl methyl sites for hydroxylation is 1. The molecule has 0 aliphatic heterocycles. The Morgan fingerprint density at radius 2 is 2.25 bits per heavy atom. The van der Waals surface area contributed by atoms with Crippen LogP contribution in [0.15, 0.2) is 12.1 Å². The van der Waals surface area contributed by atoms with Gasteiger partial charge in [-0.2, -0.15) is 0 Å². The molecular weight excluding hydrogens is 175 g/mol. The summed E-state index contributed by atoms with van der Waals surface area (Å²) in [5.41, 5.74) is 6.96. The molecule has 0 saturated carbocycles. The Morgan fingerprint density at radius 1 is 1.50 bits per heavy atom. The predicted molar refractivity (Wildman–Crippen MR) is 48.7 cm³/mol. The van der Waals surface area contributed by atoms with E-state index in [0.29, 0.717) is 15.3 Å². The molecule has 0 spiro atoms. The van der Waals surface area contributed by atoms with E-state index < -0.39 is 0 Å². The van der Waals surface area contributed by atoms with Gasteiger partial charge in [0.1, 0.15) is 5.82 Å². The molecule has 2 nitrogen and oxygen atoms in total. The highest BCUT2D eigenvalue weighted by Gasteiger charge is 2.06. The highest BCUT2D eigenvalue weighted by Crippen LogP contribution is 2.27. The van der Waals surface area contributed by atoms with Crippen molar-refractivity contribution in [3.63, 3.8) is 0 Å². The van der Waals surface area contributed by atoms with E-state index in [9.17, 15) is 4.39 Å². The lowest BCUT2D eigenvalue weighted by Gasteiger charge is -1.92. The molecule has 4 heteroatoms. The summed E-state index contributed by atoms with van der Waals surface area (Å²) < 4.78 is 13.7. The van der Waals surface area contributed by atoms with Gasteiger partial charge in [0.15, 0.2) is 5.13 Å². The third kappa shape index (κ3) is 1.04. The Morgan fingerprint density at radius 3 is 3.00 bits per heavy atom. The zero-order valence-electron chi connectivity index (χ0n) is 6.47. The number of aromatic nitrogens is 1. The SMILES string of the molecule is Cc1cc(F)c2sc(N)nc2c1. The van der Waals surface area contributed by atoms with Crippen molar-refractivity contribution in [1.29, 1.82) is 0 Å². The lowest BCUT2D eigenvalue weighted by atomic mass is 10.2. The van der Waals surface area contributed by atoms with Gasteiger partial charge >= 0.3 is 0 Å². The largest absolute Gasteiger partial charge is 0.375 e. The molecule has 12 heavy (non-hydrogen) atoms. The van der Waals surface area contributed by atoms with Crippen molar-refractivity contribution in [2.75, 3.05) is 5.73 Å². The van der Waals surface area contributed by atoms with E-state index in [2.05, 4.69) is 4.98 Å². The molecular formula is C8H7FN2S. The molecule has 1 aromatic carbocycles. The molecule has 2 N–H and O–H groups in total. The number of hydrogen-bond acceptors (Lipinski definition) is 3. The molecule has 1 aromatic heterocycles. The second-order valence-corrected chi connectivity index (χ2v) is 3.68. The fraction of sp³-hybridized carbons (Fsp3) is 0.125. The van der Waals surface area contributed by atoms with Gasteiger partial charge in [0.05, 0.1) is 10.2 Å². The number of nitrogens with two attached hydrogens (primary N) is 1. The number of nitrogen functional groups attached to an aromatic ring is 1. The maximum atomic E-state index is 13.2. The average molecular weight is 182 g/mol. The van der Waals surface area contributed by atoms with Crippen LogP contribution in [0.2, 0.25) is 0 Å². The van der Waals surface area contributed by atoms with E-state index >= 15 is 0 Å². The van der Waals surface area contributed by atoms with Gasteiger partial charge in [0, 0.05) is 0 Å². The van der Waals surface area contributed by atoms with Gasteiger partial charge in [-0.1, -0.05) is 11.3 Å². The third-order valence-corrected chi connectivity index (χ3v) is 2.51. The van der Waals surface area contributed by atoms with Crippen molar-refractivity contribution in [3.05, 3.63) is 23.5 Å². The second kappa shape index (κ2) is 2.42. The maximum absolute atomic E-state index is 13.2. The molecule has 0 aliphatic carbocycles. The van der Waals surface area contributed by atoms with Gasteiger partial charge in [-0.05, 0) is 24.6 Å². The van der Waals surface area contributed by atoms with E-state index in [1.807, 2.05) is 13.0 Å². The molecule has 2 aromatic rings. The Labute approximate surface area is 72.8 Å². The minimum absolute atomic E-state index is 0.237. The summed E-state index contributed by atoms with van der Waals surface area (Å²) in [5, 5.41) is 0.412. The van der Waals surface area contributed by atoms with Gasteiger partial charge < -0.3 is 5.73 Å². The van der Waals surface area contributed by atoms with Crippen LogP contribution in [0.4, 0.5) is 9.52 Å². The number of thiazole rings is 1. The van der Waals surface area contributed by atoms with Gasteiger partial charge in [-0.3, -0.25) is 0 Å². The lowest BCUT2D eigenvalue weighted by molar-refractivity contribution is 0.640. The van der Waals surface area contributed by atoms with Crippen LogP contribution in [0.5, 0.6) is 0 Å². The van der Waals surface area contributed by atoms with Gasteiger partial charge in [-0.15, -0.1) is 0 Å². The van der Waals surface area contributed by atoms with E-state index in [0.717, 1.165) is 5.56 Å². The molecule has 0 aliphatic rings. The summed E-state index contributed by atoms with van der Waals surface area (Å²) in [6.45, 7) is 1.83. The topological polar surface area (TPSA) is 38.9 Å². The maximum Gasteiger partial charge on any atom is 0.181 e. The van der Waals surface area contributed by atoms with E-state index in [1.165, 1.54) is 17.4 Å². The zero-order valence-corrected chi connectivity index (χ0v) is 7.28. The fourth-order valence-corrected chi connectivity index (χ4v) is 1.86. The lowest BCUT2D eigenvalue weighted by Crippen LogP contribution is -1.80. The Hall–Kier alpha value is -1.16. The van der Waals surface area contributed by atoms with Crippen molar-refractivity contribution in [1.82, 2.24) is 4.98 Å². The number of halogens is 1. The Balaban J connectivity index is 2.88. The van der Waals surface area contributed by atoms with Crippen molar-refractivity contribution in [3.8, 4) is 0 Å². The smallest absolute Gasteiger partial charge is 0.181 e. The zero-order chi connectivity index (χ0) is 8.72. The summed E-state index contributed by atoms with van der Waals surface area (Å²) in [6, 6.07) is 3.31. The molecule has 0 atom stereocenters. The van der Waals surface area contributed by atoms with Crippen LogP contribution in [-0.2, 0) is 0 Å². The number of rotatable bonds is 0. The summed E-state index contributed by atoms with van der Waals surface area (Å²) in [5.74, 6) is -0.237. The van der Waals surface area contributed by atoms with Crippen LogP contribution in [0.3, 0.4) is 0 Å². The first-order chi connectivity index (χ1) is 5.66. The Kier molecular flexibility index (Phi) is 1.51. The van der Waals surface area contributed by atoms with Crippen molar-refractivity contribution in [2.45, 2.75) is 6.92 Å². The first-order valence-electron chi connectivity index (χ1n) is 3.49. The van der Waals surface area contributed by atoms with E-state index in [-0.39, 0.29) is 5.82 Å². The van der Waals surface area contributed by atoms with Gasteiger partial charge in [0.2, 0.25) is 0 Å². The summed E-state index contributed by atoms with van der Waals surface area (Å²) >= 11 is 1.18. The molecule has 0 fully saturated rings. The van der Waals surface area contributed by atoms with Crippen molar-refractivity contribution < 1.29 is 4.39 Å². The molecule has 0 bridgehead atoms. The normalized spacial score (nSPS) is 10.8. The predicted octanol–water partition coefficient (Wildman–Crippen LogP) is 2.33. The average Bonchev–Trinajstić information content (AvgIpc) is 2.29. The molecule has 0 radical (unpaired) electrons. The van der Waals surface area contributed by atoms with E-state index in [4.69, 9.17) is 5.73 Å². The quantitative estimate of drug-likeness (QED) is 0.679. The number of nitrogens with zero attached hydrogens (tertiary/aromatic N) is 1. The number of anilines is 1. The third-order valence-electron chi connectivity index (χ3n) is 1.61. The van der Waals surface area contributed by atoms with Crippen LogP contribution < -0.4 is 5.73 Å². The molecule has 0 saturated heterocycles. The van der Waals surface area contributed by atoms with Gasteiger partial charge in [0.25, 0.3) is 0 Å². The summed E-state index contributed by atoms with van der Waals surface area (Å²) in [6.07, 6.45) is 0. The van der Waals surface area contributed by atoms with E-state index in [1.54, 1.807) is 0 Å². The van der Waals surface area contributed by atoms with Crippen LogP contribution in [0, 0.1) is 12.7 Å². The Bertz CT molecular complexity index is 436. The first-order valence-corrected chi connectivity index (χ1v) is 4.30. The number of fused-ring (bicyclic) bond motifs is 1. The molecule has 1 heterocycles. The molecule has 0 unspecified atom stereocenters. The van der Waals surface area contributed by atoms with Gasteiger partial charge in [-0.25, -0.2) is 9.37 Å². The van der Waals surface area contributed by atoms with Crippen molar-refractivity contribution in [2.24, 2.45) is 0 Å². The second-order valence-electron chi connectivity index (χ2n) is 2.65. The standard InChI is InChI=1S/C8H7FN2S/c1-4-2-5(9)7-6(3-4)11-8(10)12-7/h2-3H,1H3,(H2,10,11). The fourth-order valence-electron chi connectivity index (χ4n) is 1.14. The molecule has 2 rings (SSSR count). The van der Waals surface area contributed by atoms with Crippen LogP contribution in [0.25, 0.3) is 10.2 Å². The molecule has 0 amide bonds. The summed E-state index contributed by atoms with van der Waals surface area (Å²) in [7, 11) is 0. The minimum Gasteiger partial charge on any atom is -0.375 e. The van der Waals surface area contributed by atoms with Crippen LogP contribution >= 0.6 is 11.3 Å². The molecule has 62 valence electrons. The summed E-state index contributed by atoms with van der Waals surface area (Å²) in [4.78, 5) is 3.99. The minimum atomic E-state index is -0.237.